The highest BCUT2D eigenvalue weighted by Gasteiger charge is 2.72. The highest BCUT2D eigenvalue weighted by atomic mass is 35.5. The smallest absolute Gasteiger partial charge is 0.185 e. The third-order valence-electron chi connectivity index (χ3n) is 9.14. The average Bonchev–Trinajstić information content (AvgIpc) is 3.46. The summed E-state index contributed by atoms with van der Waals surface area (Å²) < 4.78 is 11.6. The molecule has 0 saturated carbocycles. The van der Waals surface area contributed by atoms with Crippen LogP contribution < -0.4 is 14.4 Å². The molecule has 2 aliphatic heterocycles. The molecular formula is C36H28ClNO5. The number of ketones is 3. The van der Waals surface area contributed by atoms with E-state index in [1.54, 1.807) is 54.6 Å². The van der Waals surface area contributed by atoms with Gasteiger partial charge in [-0.2, -0.15) is 0 Å². The lowest BCUT2D eigenvalue weighted by atomic mass is 9.64. The standard InChI is InChI=1S/C36H28ClNO5/c1-20-11-13-21(14-12-20)32(39)31-30(26-9-6-10-28(42-2)33(26)43-3)36(34(40)24-7-4-5-8-25(24)35(36)41)29-18-15-22-19-23(37)16-17-27(22)38(29)31/h4-19,29-31H,1-3H3/t29-,30+,31-/m0/s1. The summed E-state index contributed by atoms with van der Waals surface area (Å²) in [7, 11) is 3.06. The normalized spacial score (nSPS) is 21.0. The van der Waals surface area contributed by atoms with Gasteiger partial charge in [0.2, 0.25) is 0 Å². The van der Waals surface area contributed by atoms with Crippen molar-refractivity contribution in [3.05, 3.63) is 129 Å². The molecule has 1 spiro atoms. The van der Waals surface area contributed by atoms with E-state index in [0.717, 1.165) is 16.8 Å². The number of ether oxygens (including phenoxy) is 2. The molecule has 4 aromatic carbocycles. The van der Waals surface area contributed by atoms with Crippen molar-refractivity contribution in [3.8, 4) is 11.5 Å². The zero-order valence-corrected chi connectivity index (χ0v) is 24.6. The second kappa shape index (κ2) is 9.96. The molecule has 1 aliphatic carbocycles. The number of Topliss-reactive ketones (excluding diaryl/α,β-unsaturated/α-hetero) is 3. The Hall–Kier alpha value is -4.68. The maximum atomic E-state index is 14.9. The molecule has 0 radical (unpaired) electrons. The van der Waals surface area contributed by atoms with E-state index < -0.39 is 23.4 Å². The van der Waals surface area contributed by atoms with Crippen LogP contribution in [0.25, 0.3) is 6.08 Å². The van der Waals surface area contributed by atoms with Gasteiger partial charge in [-0.15, -0.1) is 0 Å². The Morgan fingerprint density at radius 3 is 2.21 bits per heavy atom. The first kappa shape index (κ1) is 27.2. The van der Waals surface area contributed by atoms with Crippen LogP contribution in [0.15, 0.2) is 91.0 Å². The van der Waals surface area contributed by atoms with Gasteiger partial charge in [-0.25, -0.2) is 0 Å². The molecule has 7 rings (SSSR count). The van der Waals surface area contributed by atoms with Gasteiger partial charge in [0.15, 0.2) is 28.8 Å². The van der Waals surface area contributed by atoms with E-state index in [4.69, 9.17) is 21.1 Å². The molecule has 0 N–H and O–H groups in total. The Morgan fingerprint density at radius 2 is 1.56 bits per heavy atom. The van der Waals surface area contributed by atoms with Crippen molar-refractivity contribution in [1.82, 2.24) is 0 Å². The number of benzene rings is 4. The Balaban J connectivity index is 1.58. The molecule has 0 amide bonds. The van der Waals surface area contributed by atoms with Crippen LogP contribution in [0.1, 0.15) is 53.7 Å². The number of hydrogen-bond acceptors (Lipinski definition) is 6. The Labute approximate surface area is 254 Å². The van der Waals surface area contributed by atoms with E-state index in [-0.39, 0.29) is 17.3 Å². The first-order valence-electron chi connectivity index (χ1n) is 14.1. The molecule has 3 aliphatic rings. The fraction of sp³-hybridized carbons (Fsp3) is 0.194. The van der Waals surface area contributed by atoms with Gasteiger partial charge in [0.05, 0.1) is 20.3 Å². The quantitative estimate of drug-likeness (QED) is 0.185. The number of carbonyl (C=O) groups is 3. The second-order valence-corrected chi connectivity index (χ2v) is 11.7. The molecule has 0 bridgehead atoms. The lowest BCUT2D eigenvalue weighted by Gasteiger charge is -2.37. The second-order valence-electron chi connectivity index (χ2n) is 11.2. The van der Waals surface area contributed by atoms with Gasteiger partial charge in [0.1, 0.15) is 11.5 Å². The summed E-state index contributed by atoms with van der Waals surface area (Å²) in [5.41, 5.74) is 2.65. The number of fused-ring (bicyclic) bond motifs is 5. The summed E-state index contributed by atoms with van der Waals surface area (Å²) in [4.78, 5) is 46.5. The summed E-state index contributed by atoms with van der Waals surface area (Å²) in [6, 6.07) is 23.5. The fourth-order valence-electron chi connectivity index (χ4n) is 7.34. The fourth-order valence-corrected chi connectivity index (χ4v) is 7.52. The molecule has 3 atom stereocenters. The minimum Gasteiger partial charge on any atom is -0.493 e. The van der Waals surface area contributed by atoms with Crippen molar-refractivity contribution < 1.29 is 23.9 Å². The molecule has 43 heavy (non-hydrogen) atoms. The highest BCUT2D eigenvalue weighted by Crippen LogP contribution is 2.62. The molecule has 4 aromatic rings. The van der Waals surface area contributed by atoms with Crippen molar-refractivity contribution in [3.63, 3.8) is 0 Å². The predicted octanol–water partition coefficient (Wildman–Crippen LogP) is 6.98. The van der Waals surface area contributed by atoms with E-state index in [1.807, 2.05) is 54.3 Å². The van der Waals surface area contributed by atoms with Gasteiger partial charge < -0.3 is 14.4 Å². The van der Waals surface area contributed by atoms with Crippen LogP contribution in [-0.2, 0) is 0 Å². The van der Waals surface area contributed by atoms with Crippen molar-refractivity contribution in [1.29, 1.82) is 0 Å². The van der Waals surface area contributed by atoms with Gasteiger partial charge in [0.25, 0.3) is 0 Å². The summed E-state index contributed by atoms with van der Waals surface area (Å²) >= 11 is 6.40. The molecule has 1 fully saturated rings. The number of carbonyl (C=O) groups excluding carboxylic acids is 3. The van der Waals surface area contributed by atoms with Crippen LogP contribution in [0, 0.1) is 12.3 Å². The Kier molecular flexibility index (Phi) is 6.29. The Bertz CT molecular complexity index is 1830. The molecule has 1 saturated heterocycles. The van der Waals surface area contributed by atoms with E-state index in [0.29, 0.717) is 38.8 Å². The van der Waals surface area contributed by atoms with Crippen molar-refractivity contribution in [2.45, 2.75) is 24.9 Å². The number of hydrogen-bond donors (Lipinski definition) is 0. The number of nitrogens with zero attached hydrogens (tertiary/aromatic N) is 1. The van der Waals surface area contributed by atoms with Crippen LogP contribution >= 0.6 is 11.6 Å². The number of aryl methyl sites for hydroxylation is 1. The maximum Gasteiger partial charge on any atom is 0.185 e. The van der Waals surface area contributed by atoms with Crippen LogP contribution in [0.3, 0.4) is 0 Å². The van der Waals surface area contributed by atoms with Gasteiger partial charge in [0, 0.05) is 38.9 Å². The summed E-state index contributed by atoms with van der Waals surface area (Å²) in [6.45, 7) is 1.96. The maximum absolute atomic E-state index is 14.9. The lowest BCUT2D eigenvalue weighted by Crippen LogP contribution is -2.48. The first-order chi connectivity index (χ1) is 20.8. The molecule has 214 valence electrons. The SMILES string of the molecule is COc1cccc([C@@H]2[C@@H](C(=O)c3ccc(C)cc3)N3c4ccc(Cl)cc4C=C[C@H]3C23C(=O)c2ccccc2C3=O)c1OC. The van der Waals surface area contributed by atoms with E-state index in [1.165, 1.54) is 14.2 Å². The van der Waals surface area contributed by atoms with Crippen LogP contribution in [0.5, 0.6) is 11.5 Å². The Morgan fingerprint density at radius 1 is 0.860 bits per heavy atom. The van der Waals surface area contributed by atoms with Crippen molar-refractivity contribution in [2.75, 3.05) is 19.1 Å². The molecule has 2 heterocycles. The molecule has 7 heteroatoms. The third kappa shape index (κ3) is 3.69. The van der Waals surface area contributed by atoms with Crippen LogP contribution in [-0.4, -0.2) is 43.7 Å². The summed E-state index contributed by atoms with van der Waals surface area (Å²) in [5, 5.41) is 0.545. The zero-order chi connectivity index (χ0) is 30.0. The van der Waals surface area contributed by atoms with Crippen LogP contribution in [0.4, 0.5) is 5.69 Å². The van der Waals surface area contributed by atoms with Crippen molar-refractivity contribution in [2.24, 2.45) is 5.41 Å². The number of methoxy groups -OCH3 is 2. The summed E-state index contributed by atoms with van der Waals surface area (Å²) in [6.07, 6.45) is 3.77. The van der Waals surface area contributed by atoms with Gasteiger partial charge in [-0.05, 0) is 36.8 Å². The van der Waals surface area contributed by atoms with Crippen LogP contribution in [0.2, 0.25) is 5.02 Å². The van der Waals surface area contributed by atoms with Gasteiger partial charge in [-0.3, -0.25) is 14.4 Å². The average molecular weight is 590 g/mol. The number of halogens is 1. The van der Waals surface area contributed by atoms with E-state index in [2.05, 4.69) is 0 Å². The highest BCUT2D eigenvalue weighted by molar-refractivity contribution is 6.33. The van der Waals surface area contributed by atoms with Gasteiger partial charge in [-0.1, -0.05) is 90.0 Å². The third-order valence-corrected chi connectivity index (χ3v) is 9.37. The lowest BCUT2D eigenvalue weighted by molar-refractivity contribution is 0.0664. The first-order valence-corrected chi connectivity index (χ1v) is 14.5. The zero-order valence-electron chi connectivity index (χ0n) is 23.8. The molecule has 0 unspecified atom stereocenters. The minimum atomic E-state index is -1.65. The molecule has 0 aromatic heterocycles. The summed E-state index contributed by atoms with van der Waals surface area (Å²) in [5.74, 6) is -0.912. The number of anilines is 1. The minimum absolute atomic E-state index is 0.204. The number of para-hydroxylation sites is 1. The van der Waals surface area contributed by atoms with E-state index in [9.17, 15) is 14.4 Å². The van der Waals surface area contributed by atoms with Crippen molar-refractivity contribution >= 4 is 40.7 Å². The topological polar surface area (TPSA) is 72.9 Å². The van der Waals surface area contributed by atoms with Gasteiger partial charge >= 0.3 is 0 Å². The number of rotatable bonds is 5. The monoisotopic (exact) mass is 589 g/mol. The van der Waals surface area contributed by atoms with E-state index >= 15 is 0 Å². The molecule has 6 nitrogen and oxygen atoms in total. The predicted molar refractivity (Wildman–Crippen MR) is 166 cm³/mol. The largest absolute Gasteiger partial charge is 0.493 e. The molecular weight excluding hydrogens is 562 g/mol.